The van der Waals surface area contributed by atoms with Gasteiger partial charge in [0.1, 0.15) is 11.9 Å². The first-order valence-electron chi connectivity index (χ1n) is 8.83. The lowest BCUT2D eigenvalue weighted by Gasteiger charge is -2.30. The largest absolute Gasteiger partial charge is 0.350 e. The van der Waals surface area contributed by atoms with Crippen LogP contribution in [0.25, 0.3) is 0 Å². The SMILES string of the molecule is Cc1cc(C#N)nnc1N1CCc2ncc(Cc3ccccc3F)cc2C1. The molecule has 0 aliphatic carbocycles. The molecule has 0 atom stereocenters. The van der Waals surface area contributed by atoms with Crippen LogP contribution in [0.4, 0.5) is 10.2 Å². The standard InChI is InChI=1S/C21H18FN5/c1-14-8-18(11-23)25-26-21(14)27-7-6-20-17(13-27)10-15(12-24-20)9-16-4-2-3-5-19(16)22/h2-5,8,10,12H,6-7,9,13H2,1H3. The van der Waals surface area contributed by atoms with Crippen LogP contribution in [0.3, 0.4) is 0 Å². The van der Waals surface area contributed by atoms with E-state index in [0.29, 0.717) is 24.2 Å². The first-order chi connectivity index (χ1) is 13.1. The molecule has 0 amide bonds. The third kappa shape index (κ3) is 3.49. The van der Waals surface area contributed by atoms with Crippen LogP contribution in [-0.4, -0.2) is 21.7 Å². The Kier molecular flexibility index (Phi) is 4.51. The Morgan fingerprint density at radius 2 is 2.07 bits per heavy atom. The molecule has 1 aromatic carbocycles. The summed E-state index contributed by atoms with van der Waals surface area (Å²) in [5.41, 5.74) is 5.11. The Balaban J connectivity index is 1.59. The van der Waals surface area contributed by atoms with Crippen molar-refractivity contribution in [3.63, 3.8) is 0 Å². The number of benzene rings is 1. The fraction of sp³-hybridized carbons (Fsp3) is 0.238. The van der Waals surface area contributed by atoms with E-state index < -0.39 is 0 Å². The number of rotatable bonds is 3. The van der Waals surface area contributed by atoms with Gasteiger partial charge in [-0.1, -0.05) is 24.3 Å². The van der Waals surface area contributed by atoms with Crippen molar-refractivity contribution in [1.82, 2.24) is 15.2 Å². The molecule has 134 valence electrons. The number of fused-ring (bicyclic) bond motifs is 1. The molecule has 0 radical (unpaired) electrons. The summed E-state index contributed by atoms with van der Waals surface area (Å²) in [6, 6.07) is 12.7. The van der Waals surface area contributed by atoms with Gasteiger partial charge in [-0.2, -0.15) is 5.26 Å². The average molecular weight is 359 g/mol. The van der Waals surface area contributed by atoms with Gasteiger partial charge in [-0.05, 0) is 41.3 Å². The summed E-state index contributed by atoms with van der Waals surface area (Å²) in [5.74, 6) is 0.597. The number of nitrogens with zero attached hydrogens (tertiary/aromatic N) is 5. The molecule has 0 saturated heterocycles. The van der Waals surface area contributed by atoms with E-state index in [4.69, 9.17) is 5.26 Å². The second-order valence-corrected chi connectivity index (χ2v) is 6.74. The van der Waals surface area contributed by atoms with Crippen molar-refractivity contribution >= 4 is 5.82 Å². The highest BCUT2D eigenvalue weighted by molar-refractivity contribution is 5.49. The molecule has 0 saturated carbocycles. The second kappa shape index (κ2) is 7.12. The van der Waals surface area contributed by atoms with Crippen molar-refractivity contribution in [3.8, 4) is 6.07 Å². The lowest BCUT2D eigenvalue weighted by atomic mass is 10.00. The Morgan fingerprint density at radius 3 is 2.85 bits per heavy atom. The third-order valence-corrected chi connectivity index (χ3v) is 4.82. The lowest BCUT2D eigenvalue weighted by Crippen LogP contribution is -2.32. The maximum atomic E-state index is 13.9. The molecule has 0 fully saturated rings. The van der Waals surface area contributed by atoms with E-state index in [9.17, 15) is 4.39 Å². The van der Waals surface area contributed by atoms with Crippen molar-refractivity contribution in [3.05, 3.63) is 82.1 Å². The summed E-state index contributed by atoms with van der Waals surface area (Å²) in [5, 5.41) is 17.2. The molecule has 1 aliphatic heterocycles. The third-order valence-electron chi connectivity index (χ3n) is 4.82. The summed E-state index contributed by atoms with van der Waals surface area (Å²) in [7, 11) is 0. The molecule has 0 N–H and O–H groups in total. The maximum absolute atomic E-state index is 13.9. The molecule has 27 heavy (non-hydrogen) atoms. The van der Waals surface area contributed by atoms with Crippen molar-refractivity contribution < 1.29 is 4.39 Å². The number of anilines is 1. The molecule has 3 heterocycles. The number of halogens is 1. The van der Waals surface area contributed by atoms with Crippen molar-refractivity contribution in [2.24, 2.45) is 0 Å². The number of hydrogen-bond donors (Lipinski definition) is 0. The summed E-state index contributed by atoms with van der Waals surface area (Å²) < 4.78 is 13.9. The smallest absolute Gasteiger partial charge is 0.163 e. The van der Waals surface area contributed by atoms with Gasteiger partial charge in [0.2, 0.25) is 0 Å². The van der Waals surface area contributed by atoms with Gasteiger partial charge < -0.3 is 4.90 Å². The van der Waals surface area contributed by atoms with Crippen molar-refractivity contribution in [2.45, 2.75) is 26.3 Å². The van der Waals surface area contributed by atoms with Gasteiger partial charge in [0.05, 0.1) is 0 Å². The molecule has 6 heteroatoms. The van der Waals surface area contributed by atoms with Gasteiger partial charge in [0.25, 0.3) is 0 Å². The molecule has 0 bridgehead atoms. The predicted molar refractivity (Wildman–Crippen MR) is 99.7 cm³/mol. The number of aromatic nitrogens is 3. The van der Waals surface area contributed by atoms with Gasteiger partial charge in [-0.25, -0.2) is 4.39 Å². The molecule has 0 spiro atoms. The van der Waals surface area contributed by atoms with E-state index >= 15 is 0 Å². The fourth-order valence-corrected chi connectivity index (χ4v) is 3.46. The van der Waals surface area contributed by atoms with E-state index in [1.165, 1.54) is 6.07 Å². The summed E-state index contributed by atoms with van der Waals surface area (Å²) in [6.45, 7) is 3.41. The van der Waals surface area contributed by atoms with Gasteiger partial charge >= 0.3 is 0 Å². The van der Waals surface area contributed by atoms with Crippen LogP contribution >= 0.6 is 0 Å². The van der Waals surface area contributed by atoms with Crippen LogP contribution in [0, 0.1) is 24.1 Å². The maximum Gasteiger partial charge on any atom is 0.163 e. The van der Waals surface area contributed by atoms with Gasteiger partial charge in [0.15, 0.2) is 11.5 Å². The fourth-order valence-electron chi connectivity index (χ4n) is 3.46. The average Bonchev–Trinajstić information content (AvgIpc) is 2.69. The Bertz CT molecular complexity index is 1040. The van der Waals surface area contributed by atoms with E-state index in [1.807, 2.05) is 25.3 Å². The monoisotopic (exact) mass is 359 g/mol. The van der Waals surface area contributed by atoms with E-state index in [-0.39, 0.29) is 5.82 Å². The van der Waals surface area contributed by atoms with E-state index in [2.05, 4.69) is 26.1 Å². The zero-order valence-corrected chi connectivity index (χ0v) is 15.0. The minimum Gasteiger partial charge on any atom is -0.350 e. The first kappa shape index (κ1) is 17.1. The molecule has 4 rings (SSSR count). The van der Waals surface area contributed by atoms with E-state index in [0.717, 1.165) is 41.2 Å². The van der Waals surface area contributed by atoms with Crippen LogP contribution in [-0.2, 0) is 19.4 Å². The van der Waals surface area contributed by atoms with Crippen LogP contribution in [0.2, 0.25) is 0 Å². The minimum absolute atomic E-state index is 0.194. The number of aryl methyl sites for hydroxylation is 1. The Labute approximate surface area is 157 Å². The first-order valence-corrected chi connectivity index (χ1v) is 8.83. The van der Waals surface area contributed by atoms with Crippen LogP contribution in [0.1, 0.15) is 33.6 Å². The quantitative estimate of drug-likeness (QED) is 0.717. The Hall–Kier alpha value is -3.33. The topological polar surface area (TPSA) is 65.7 Å². The number of pyridine rings is 1. The minimum atomic E-state index is -0.194. The molecule has 2 aromatic heterocycles. The number of hydrogen-bond acceptors (Lipinski definition) is 5. The molecule has 5 nitrogen and oxygen atoms in total. The lowest BCUT2D eigenvalue weighted by molar-refractivity contribution is 0.613. The predicted octanol–water partition coefficient (Wildman–Crippen LogP) is 3.34. The summed E-state index contributed by atoms with van der Waals surface area (Å²) in [6.07, 6.45) is 3.17. The highest BCUT2D eigenvalue weighted by atomic mass is 19.1. The molecular formula is C21H18FN5. The summed E-state index contributed by atoms with van der Waals surface area (Å²) >= 11 is 0. The van der Waals surface area contributed by atoms with Gasteiger partial charge in [0, 0.05) is 37.8 Å². The summed E-state index contributed by atoms with van der Waals surface area (Å²) in [4.78, 5) is 6.75. The van der Waals surface area contributed by atoms with Crippen LogP contribution in [0.5, 0.6) is 0 Å². The zero-order valence-electron chi connectivity index (χ0n) is 15.0. The van der Waals surface area contributed by atoms with Crippen LogP contribution < -0.4 is 4.90 Å². The van der Waals surface area contributed by atoms with Gasteiger partial charge in [-0.3, -0.25) is 4.98 Å². The van der Waals surface area contributed by atoms with Crippen molar-refractivity contribution in [2.75, 3.05) is 11.4 Å². The zero-order chi connectivity index (χ0) is 18.8. The van der Waals surface area contributed by atoms with Crippen LogP contribution in [0.15, 0.2) is 42.6 Å². The number of nitriles is 1. The highest BCUT2D eigenvalue weighted by Gasteiger charge is 2.21. The van der Waals surface area contributed by atoms with Crippen molar-refractivity contribution in [1.29, 1.82) is 5.26 Å². The molecule has 3 aromatic rings. The second-order valence-electron chi connectivity index (χ2n) is 6.74. The Morgan fingerprint density at radius 1 is 1.22 bits per heavy atom. The molecule has 0 unspecified atom stereocenters. The van der Waals surface area contributed by atoms with Gasteiger partial charge in [-0.15, -0.1) is 10.2 Å². The van der Waals surface area contributed by atoms with E-state index in [1.54, 1.807) is 18.2 Å². The molecule has 1 aliphatic rings. The molecular weight excluding hydrogens is 341 g/mol. The normalized spacial score (nSPS) is 13.1. The highest BCUT2D eigenvalue weighted by Crippen LogP contribution is 2.25.